The number of benzene rings is 4. The zero-order chi connectivity index (χ0) is 30.1. The van der Waals surface area contributed by atoms with Crippen LogP contribution >= 0.6 is 11.6 Å². The van der Waals surface area contributed by atoms with Crippen molar-refractivity contribution >= 4 is 39.1 Å². The number of sulfonamides is 1. The number of nitrogens with one attached hydrogen (secondary N) is 1. The van der Waals surface area contributed by atoms with E-state index in [1.807, 2.05) is 0 Å². The van der Waals surface area contributed by atoms with Gasteiger partial charge in [-0.05, 0) is 104 Å². The van der Waals surface area contributed by atoms with Crippen molar-refractivity contribution < 1.29 is 31.5 Å². The Morgan fingerprint density at radius 2 is 1.61 bits per heavy atom. The number of anilines is 2. The van der Waals surface area contributed by atoms with Gasteiger partial charge in [-0.3, -0.25) is 9.62 Å². The highest BCUT2D eigenvalue weighted by Crippen LogP contribution is 2.41. The Bertz CT molecular complexity index is 1730. The molecule has 4 aromatic carbocycles. The molecule has 0 fully saturated rings. The van der Waals surface area contributed by atoms with Crippen LogP contribution in [0.1, 0.15) is 40.8 Å². The van der Waals surface area contributed by atoms with Gasteiger partial charge in [0.05, 0.1) is 16.6 Å². The molecule has 0 radical (unpaired) electrons. The number of amides is 1. The summed E-state index contributed by atoms with van der Waals surface area (Å²) in [4.78, 5) is 11.6. The van der Waals surface area contributed by atoms with Crippen LogP contribution in [-0.4, -0.2) is 19.6 Å². The van der Waals surface area contributed by atoms with Gasteiger partial charge in [0.2, 0.25) is 0 Å². The van der Waals surface area contributed by atoms with Gasteiger partial charge in [-0.2, -0.15) is 0 Å². The smallest absolute Gasteiger partial charge is 0.409 e. The number of hydrogen-bond donors (Lipinski definition) is 2. The largest absolute Gasteiger partial charge is 0.465 e. The SMILES string of the molecule is Cc1c(Cc2cccc(F)c2)cc(NC(=O)O)c(C(C)N(c2cc(F)ccc2F)S(=O)(=O)c2ccc(Cl)cc2)c1C. The molecule has 0 aliphatic heterocycles. The van der Waals surface area contributed by atoms with Crippen LogP contribution in [0.3, 0.4) is 0 Å². The maximum Gasteiger partial charge on any atom is 0.409 e. The van der Waals surface area contributed by atoms with E-state index in [2.05, 4.69) is 5.32 Å². The van der Waals surface area contributed by atoms with Gasteiger partial charge >= 0.3 is 6.09 Å². The minimum Gasteiger partial charge on any atom is -0.465 e. The quantitative estimate of drug-likeness (QED) is 0.214. The summed E-state index contributed by atoms with van der Waals surface area (Å²) in [5, 5.41) is 12.2. The fourth-order valence-corrected chi connectivity index (χ4v) is 6.60. The monoisotopic (exact) mass is 602 g/mol. The van der Waals surface area contributed by atoms with E-state index in [0.717, 1.165) is 22.5 Å². The maximum absolute atomic E-state index is 15.2. The first-order valence-electron chi connectivity index (χ1n) is 12.4. The van der Waals surface area contributed by atoms with Gasteiger partial charge in [0.1, 0.15) is 17.5 Å². The van der Waals surface area contributed by atoms with Crippen LogP contribution < -0.4 is 9.62 Å². The van der Waals surface area contributed by atoms with E-state index < -0.39 is 45.3 Å². The maximum atomic E-state index is 15.2. The van der Waals surface area contributed by atoms with E-state index in [4.69, 9.17) is 11.6 Å². The van der Waals surface area contributed by atoms with Crippen molar-refractivity contribution in [3.05, 3.63) is 123 Å². The molecule has 1 atom stereocenters. The summed E-state index contributed by atoms with van der Waals surface area (Å²) in [6, 6.07) is 13.9. The molecule has 0 heterocycles. The Labute approximate surface area is 241 Å². The van der Waals surface area contributed by atoms with Gasteiger partial charge in [-0.25, -0.2) is 26.4 Å². The first-order valence-corrected chi connectivity index (χ1v) is 14.2. The predicted octanol–water partition coefficient (Wildman–Crippen LogP) is 8.01. The molecule has 4 rings (SSSR count). The topological polar surface area (TPSA) is 86.7 Å². The summed E-state index contributed by atoms with van der Waals surface area (Å²) >= 11 is 5.95. The van der Waals surface area contributed by atoms with Gasteiger partial charge in [-0.1, -0.05) is 23.7 Å². The van der Waals surface area contributed by atoms with Crippen molar-refractivity contribution in [2.75, 3.05) is 9.62 Å². The minimum atomic E-state index is -4.54. The first-order chi connectivity index (χ1) is 19.3. The third-order valence-corrected chi connectivity index (χ3v) is 9.02. The molecule has 11 heteroatoms. The standard InChI is InChI=1S/C30H26ClF3N2O4S/c1-17-18(2)29(27(35-30(37)38)15-21(17)13-20-5-4-6-23(32)14-20)19(3)36(28-16-24(33)9-12-26(28)34)41(39,40)25-10-7-22(31)8-11-25/h4-12,14-16,19,35H,13H2,1-3H3,(H,37,38). The number of carboxylic acid groups (broad SMARTS) is 1. The van der Waals surface area contributed by atoms with E-state index in [9.17, 15) is 27.1 Å². The molecule has 0 saturated heterocycles. The van der Waals surface area contributed by atoms with Crippen molar-refractivity contribution in [1.82, 2.24) is 0 Å². The molecule has 0 aliphatic rings. The highest BCUT2D eigenvalue weighted by Gasteiger charge is 2.35. The fraction of sp³-hybridized carbons (Fsp3) is 0.167. The summed E-state index contributed by atoms with van der Waals surface area (Å²) in [6.45, 7) is 4.91. The number of hydrogen-bond acceptors (Lipinski definition) is 3. The third kappa shape index (κ3) is 6.34. The van der Waals surface area contributed by atoms with Crippen molar-refractivity contribution in [3.63, 3.8) is 0 Å². The van der Waals surface area contributed by atoms with Gasteiger partial charge < -0.3 is 5.11 Å². The molecule has 0 spiro atoms. The fourth-order valence-electron chi connectivity index (χ4n) is 4.85. The van der Waals surface area contributed by atoms with Crippen molar-refractivity contribution in [2.45, 2.75) is 38.1 Å². The second kappa shape index (κ2) is 11.8. The van der Waals surface area contributed by atoms with Crippen LogP contribution in [0.15, 0.2) is 77.7 Å². The number of nitrogens with zero attached hydrogens (tertiary/aromatic N) is 1. The van der Waals surface area contributed by atoms with Crippen LogP contribution in [0.25, 0.3) is 0 Å². The summed E-state index contributed by atoms with van der Waals surface area (Å²) in [6.07, 6.45) is -1.15. The Morgan fingerprint density at radius 1 is 0.951 bits per heavy atom. The minimum absolute atomic E-state index is 0.0487. The zero-order valence-corrected chi connectivity index (χ0v) is 23.8. The number of halogens is 4. The second-order valence-electron chi connectivity index (χ2n) is 9.51. The molecule has 41 heavy (non-hydrogen) atoms. The van der Waals surface area contributed by atoms with Crippen LogP contribution in [0, 0.1) is 31.3 Å². The van der Waals surface area contributed by atoms with E-state index in [-0.39, 0.29) is 27.6 Å². The summed E-state index contributed by atoms with van der Waals surface area (Å²) in [7, 11) is -4.54. The molecule has 214 valence electrons. The van der Waals surface area contributed by atoms with Gasteiger partial charge in [0.15, 0.2) is 0 Å². The Kier molecular flexibility index (Phi) is 8.65. The first kappa shape index (κ1) is 30.0. The molecule has 6 nitrogen and oxygen atoms in total. The highest BCUT2D eigenvalue weighted by atomic mass is 35.5. The van der Waals surface area contributed by atoms with E-state index in [1.165, 1.54) is 43.3 Å². The lowest BCUT2D eigenvalue weighted by Gasteiger charge is -2.34. The molecule has 0 aromatic heterocycles. The van der Waals surface area contributed by atoms with E-state index >= 15 is 4.39 Å². The lowest BCUT2D eigenvalue weighted by molar-refractivity contribution is 0.209. The number of rotatable bonds is 8. The molecular weight excluding hydrogens is 577 g/mol. The molecule has 1 unspecified atom stereocenters. The van der Waals surface area contributed by atoms with Crippen molar-refractivity contribution in [2.24, 2.45) is 0 Å². The van der Waals surface area contributed by atoms with Crippen molar-refractivity contribution in [1.29, 1.82) is 0 Å². The van der Waals surface area contributed by atoms with E-state index in [1.54, 1.807) is 32.0 Å². The van der Waals surface area contributed by atoms with Crippen LogP contribution in [0.2, 0.25) is 5.02 Å². The molecule has 0 aliphatic carbocycles. The molecular formula is C30H26ClF3N2O4S. The summed E-state index contributed by atoms with van der Waals surface area (Å²) < 4.78 is 72.2. The predicted molar refractivity (Wildman–Crippen MR) is 153 cm³/mol. The van der Waals surface area contributed by atoms with Gasteiger partial charge in [-0.15, -0.1) is 0 Å². The van der Waals surface area contributed by atoms with E-state index in [0.29, 0.717) is 22.3 Å². The third-order valence-electron chi connectivity index (χ3n) is 6.87. The molecule has 1 amide bonds. The average molecular weight is 603 g/mol. The molecule has 2 N–H and O–H groups in total. The van der Waals surface area contributed by atoms with Crippen LogP contribution in [0.5, 0.6) is 0 Å². The molecule has 4 aromatic rings. The summed E-state index contributed by atoms with van der Waals surface area (Å²) in [5.41, 5.74) is 2.23. The summed E-state index contributed by atoms with van der Waals surface area (Å²) in [5.74, 6) is -2.29. The van der Waals surface area contributed by atoms with Gasteiger partial charge in [0, 0.05) is 22.3 Å². The van der Waals surface area contributed by atoms with Crippen molar-refractivity contribution in [3.8, 4) is 0 Å². The Hall–Kier alpha value is -4.02. The number of carbonyl (C=O) groups is 1. The van der Waals surface area contributed by atoms with Crippen LogP contribution in [0.4, 0.5) is 29.3 Å². The molecule has 0 saturated carbocycles. The second-order valence-corrected chi connectivity index (χ2v) is 11.8. The average Bonchev–Trinajstić information content (AvgIpc) is 2.89. The highest BCUT2D eigenvalue weighted by molar-refractivity contribution is 7.92. The Morgan fingerprint density at radius 3 is 2.24 bits per heavy atom. The normalized spacial score (nSPS) is 12.2. The lowest BCUT2D eigenvalue weighted by Crippen LogP contribution is -2.35. The lowest BCUT2D eigenvalue weighted by atomic mass is 9.89. The Balaban J connectivity index is 1.95. The van der Waals surface area contributed by atoms with Gasteiger partial charge in [0.25, 0.3) is 10.0 Å². The van der Waals surface area contributed by atoms with Crippen LogP contribution in [-0.2, 0) is 16.4 Å². The zero-order valence-electron chi connectivity index (χ0n) is 22.3. The molecule has 0 bridgehead atoms.